The van der Waals surface area contributed by atoms with Crippen molar-refractivity contribution in [1.29, 1.82) is 0 Å². The number of carbonyl (C=O) groups is 2. The molecular formula is C11H14I2N4O4. The summed E-state index contributed by atoms with van der Waals surface area (Å²) in [6, 6.07) is -0.237. The summed E-state index contributed by atoms with van der Waals surface area (Å²) >= 11 is 4.11. The number of rotatable bonds is 3. The maximum atomic E-state index is 12.2. The Labute approximate surface area is 148 Å². The second-order valence-electron chi connectivity index (χ2n) is 4.56. The number of nitrogens with one attached hydrogen (secondary N) is 2. The Bertz CT molecular complexity index is 531. The van der Waals surface area contributed by atoms with E-state index in [1.807, 2.05) is 22.6 Å². The third kappa shape index (κ3) is 3.97. The third-order valence-corrected chi connectivity index (χ3v) is 5.88. The molecule has 1 saturated heterocycles. The summed E-state index contributed by atoms with van der Waals surface area (Å²) < 4.78 is 6.84. The van der Waals surface area contributed by atoms with Crippen LogP contribution in [0.5, 0.6) is 0 Å². The highest BCUT2D eigenvalue weighted by molar-refractivity contribution is 14.1. The molecule has 0 aliphatic carbocycles. The zero-order valence-electron chi connectivity index (χ0n) is 11.1. The van der Waals surface area contributed by atoms with Crippen LogP contribution >= 0.6 is 45.2 Å². The molecule has 1 aliphatic heterocycles. The lowest BCUT2D eigenvalue weighted by atomic mass is 10.0. The summed E-state index contributed by atoms with van der Waals surface area (Å²) in [5.74, 6) is -0.0639. The van der Waals surface area contributed by atoms with Gasteiger partial charge in [0.1, 0.15) is 7.40 Å². The fourth-order valence-corrected chi connectivity index (χ4v) is 2.92. The zero-order chi connectivity index (χ0) is 15.6. The number of likely N-dealkylation sites (tertiary alicyclic amines) is 1. The highest BCUT2D eigenvalue weighted by Gasteiger charge is 2.33. The second kappa shape index (κ2) is 7.09. The number of carbonyl (C=O) groups excluding carboxylic acids is 1. The summed E-state index contributed by atoms with van der Waals surface area (Å²) in [5.41, 5.74) is 0. The molecule has 0 bridgehead atoms. The van der Waals surface area contributed by atoms with Crippen molar-refractivity contribution in [2.24, 2.45) is 0 Å². The van der Waals surface area contributed by atoms with Gasteiger partial charge >= 0.3 is 6.09 Å². The van der Waals surface area contributed by atoms with Crippen LogP contribution in [0.4, 0.5) is 4.79 Å². The summed E-state index contributed by atoms with van der Waals surface area (Å²) in [6.45, 7) is 0.608. The van der Waals surface area contributed by atoms with Crippen LogP contribution in [0.2, 0.25) is 0 Å². The first-order chi connectivity index (χ1) is 9.92. The predicted molar refractivity (Wildman–Crippen MR) is 90.3 cm³/mol. The molecule has 1 aliphatic rings. The number of piperidine rings is 1. The molecule has 21 heavy (non-hydrogen) atoms. The molecule has 1 aromatic heterocycles. The molecule has 8 nitrogen and oxygen atoms in total. The molecular weight excluding hydrogens is 506 g/mol. The average Bonchev–Trinajstić information content (AvgIpc) is 2.79. The number of imidazole rings is 1. The van der Waals surface area contributed by atoms with E-state index < -0.39 is 6.09 Å². The largest absolute Gasteiger partial charge is 0.465 e. The number of ether oxygens (including phenoxy) is 1. The van der Waals surface area contributed by atoms with E-state index in [9.17, 15) is 9.59 Å². The van der Waals surface area contributed by atoms with Gasteiger partial charge in [0, 0.05) is 13.7 Å². The van der Waals surface area contributed by atoms with Crippen LogP contribution in [0.1, 0.15) is 17.0 Å². The van der Waals surface area contributed by atoms with Gasteiger partial charge in [-0.1, -0.05) is 0 Å². The fourth-order valence-electron chi connectivity index (χ4n) is 2.17. The lowest BCUT2D eigenvalue weighted by Gasteiger charge is -2.36. The van der Waals surface area contributed by atoms with Gasteiger partial charge in [-0.3, -0.25) is 4.79 Å². The molecule has 1 fully saturated rings. The first-order valence-corrected chi connectivity index (χ1v) is 8.30. The van der Waals surface area contributed by atoms with E-state index in [1.165, 1.54) is 12.0 Å². The van der Waals surface area contributed by atoms with E-state index in [-0.39, 0.29) is 30.4 Å². The van der Waals surface area contributed by atoms with Gasteiger partial charge in [-0.05, 0) is 51.6 Å². The number of methoxy groups -OCH3 is 1. The molecule has 2 amide bonds. The first-order valence-electron chi connectivity index (χ1n) is 6.15. The van der Waals surface area contributed by atoms with Crippen molar-refractivity contribution in [3.63, 3.8) is 0 Å². The maximum Gasteiger partial charge on any atom is 0.407 e. The number of nitrogens with zero attached hydrogens (tertiary/aromatic N) is 2. The number of amides is 2. The third-order valence-electron chi connectivity index (χ3n) is 3.28. The van der Waals surface area contributed by atoms with Crippen molar-refractivity contribution in [3.8, 4) is 0 Å². The van der Waals surface area contributed by atoms with Crippen LogP contribution in [0.3, 0.4) is 0 Å². The number of aromatic amines is 1. The molecule has 0 saturated carbocycles. The molecule has 0 radical (unpaired) electrons. The van der Waals surface area contributed by atoms with Crippen LogP contribution in [0, 0.1) is 7.40 Å². The Morgan fingerprint density at radius 3 is 2.76 bits per heavy atom. The van der Waals surface area contributed by atoms with Gasteiger partial charge in [0.25, 0.3) is 5.91 Å². The van der Waals surface area contributed by atoms with Crippen molar-refractivity contribution in [1.82, 2.24) is 20.2 Å². The van der Waals surface area contributed by atoms with Crippen LogP contribution in [-0.4, -0.2) is 64.3 Å². The minimum Gasteiger partial charge on any atom is -0.465 e. The lowest BCUT2D eigenvalue weighted by molar-refractivity contribution is 0.0100. The molecule has 2 rings (SSSR count). The van der Waals surface area contributed by atoms with Crippen LogP contribution in [0.25, 0.3) is 0 Å². The van der Waals surface area contributed by atoms with Crippen LogP contribution in [-0.2, 0) is 4.74 Å². The Morgan fingerprint density at radius 1 is 1.52 bits per heavy atom. The Kier molecular flexibility index (Phi) is 5.65. The minimum atomic E-state index is -0.975. The van der Waals surface area contributed by atoms with Gasteiger partial charge in [-0.25, -0.2) is 9.78 Å². The van der Waals surface area contributed by atoms with E-state index in [0.717, 1.165) is 7.40 Å². The smallest absolute Gasteiger partial charge is 0.407 e. The van der Waals surface area contributed by atoms with Crippen molar-refractivity contribution < 1.29 is 19.4 Å². The van der Waals surface area contributed by atoms with Gasteiger partial charge in [0.05, 0.1) is 18.7 Å². The molecule has 0 aromatic carbocycles. The molecule has 10 heteroatoms. The first kappa shape index (κ1) is 16.7. The zero-order valence-corrected chi connectivity index (χ0v) is 15.4. The number of hydrogen-bond acceptors (Lipinski definition) is 4. The molecule has 2 heterocycles. The number of carboxylic acid groups (broad SMARTS) is 1. The van der Waals surface area contributed by atoms with Gasteiger partial charge in [-0.2, -0.15) is 0 Å². The molecule has 2 atom stereocenters. The van der Waals surface area contributed by atoms with Gasteiger partial charge in [0.15, 0.2) is 5.82 Å². The van der Waals surface area contributed by atoms with Crippen molar-refractivity contribution >= 4 is 57.2 Å². The lowest BCUT2D eigenvalue weighted by Crippen LogP contribution is -2.55. The molecule has 1 aromatic rings. The van der Waals surface area contributed by atoms with Crippen molar-refractivity contribution in [3.05, 3.63) is 13.2 Å². The normalized spacial score (nSPS) is 22.1. The van der Waals surface area contributed by atoms with E-state index in [2.05, 4.69) is 37.9 Å². The standard InChI is InChI=1S/C11H14I2N4O4/c1-21-6-4-17(11(19)20)3-2-5(6)14-10(18)9-15-7(12)8(13)16-9/h5-6H,2-4H2,1H3,(H,14,18)(H,15,16)(H,19,20). The molecule has 0 spiro atoms. The summed E-state index contributed by atoms with van der Waals surface area (Å²) in [4.78, 5) is 31.5. The van der Waals surface area contributed by atoms with E-state index >= 15 is 0 Å². The maximum absolute atomic E-state index is 12.2. The van der Waals surface area contributed by atoms with Crippen LogP contribution < -0.4 is 5.32 Å². The highest BCUT2D eigenvalue weighted by atomic mass is 127. The summed E-state index contributed by atoms with van der Waals surface area (Å²) in [5, 5.41) is 11.8. The highest BCUT2D eigenvalue weighted by Crippen LogP contribution is 2.16. The Hall–Kier alpha value is -0.630. The quantitative estimate of drug-likeness (QED) is 0.519. The number of halogens is 2. The minimum absolute atomic E-state index is 0.237. The summed E-state index contributed by atoms with van der Waals surface area (Å²) in [7, 11) is 1.51. The monoisotopic (exact) mass is 520 g/mol. The summed E-state index contributed by atoms with van der Waals surface area (Å²) in [6.07, 6.45) is -0.838. The van der Waals surface area contributed by atoms with E-state index in [4.69, 9.17) is 9.84 Å². The van der Waals surface area contributed by atoms with Crippen molar-refractivity contribution in [2.75, 3.05) is 20.2 Å². The number of aromatic nitrogens is 2. The molecule has 116 valence electrons. The SMILES string of the molecule is COC1CN(C(=O)O)CCC1NC(=O)c1nc(I)c(I)[nH]1. The van der Waals surface area contributed by atoms with E-state index in [0.29, 0.717) is 13.0 Å². The topological polar surface area (TPSA) is 108 Å². The van der Waals surface area contributed by atoms with Gasteiger partial charge in [0.2, 0.25) is 0 Å². The predicted octanol–water partition coefficient (Wildman–Crippen LogP) is 1.12. The Balaban J connectivity index is 2.01. The number of hydrogen-bond donors (Lipinski definition) is 3. The second-order valence-corrected chi connectivity index (χ2v) is 6.66. The van der Waals surface area contributed by atoms with Crippen LogP contribution in [0.15, 0.2) is 0 Å². The van der Waals surface area contributed by atoms with Gasteiger partial charge < -0.3 is 25.0 Å². The average molecular weight is 520 g/mol. The molecule has 2 unspecified atom stereocenters. The Morgan fingerprint density at radius 2 is 2.24 bits per heavy atom. The van der Waals surface area contributed by atoms with Crippen molar-refractivity contribution in [2.45, 2.75) is 18.6 Å². The van der Waals surface area contributed by atoms with E-state index in [1.54, 1.807) is 0 Å². The van der Waals surface area contributed by atoms with Gasteiger partial charge in [-0.15, -0.1) is 0 Å². The number of H-pyrrole nitrogens is 1. The fraction of sp³-hybridized carbons (Fsp3) is 0.545. The molecule has 3 N–H and O–H groups in total.